The first-order valence-electron chi connectivity index (χ1n) is 8.11. The summed E-state index contributed by atoms with van der Waals surface area (Å²) in [4.78, 5) is 11.7. The molecular formula is C17H23BrClNO3. The van der Waals surface area contributed by atoms with E-state index in [2.05, 4.69) is 21.2 Å². The fourth-order valence-electron chi connectivity index (χ4n) is 2.57. The van der Waals surface area contributed by atoms with E-state index in [4.69, 9.17) is 21.1 Å². The van der Waals surface area contributed by atoms with E-state index in [0.717, 1.165) is 10.9 Å². The minimum Gasteiger partial charge on any atom is -0.483 e. The summed E-state index contributed by atoms with van der Waals surface area (Å²) in [5, 5.41) is 3.45. The summed E-state index contributed by atoms with van der Waals surface area (Å²) in [5.74, 6) is 0.467. The van der Waals surface area contributed by atoms with Gasteiger partial charge in [-0.1, -0.05) is 30.9 Å². The highest BCUT2D eigenvalue weighted by molar-refractivity contribution is 9.10. The van der Waals surface area contributed by atoms with Crippen LogP contribution in [0.3, 0.4) is 0 Å². The summed E-state index contributed by atoms with van der Waals surface area (Å²) in [6, 6.07) is 5.19. The Hall–Kier alpha value is -0.780. The van der Waals surface area contributed by atoms with Crippen molar-refractivity contribution in [1.29, 1.82) is 0 Å². The van der Waals surface area contributed by atoms with Crippen LogP contribution in [0.25, 0.3) is 0 Å². The van der Waals surface area contributed by atoms with Gasteiger partial charge in [0.25, 0.3) is 5.91 Å². The summed E-state index contributed by atoms with van der Waals surface area (Å²) in [6.07, 6.45) is 7.49. The molecule has 0 spiro atoms. The van der Waals surface area contributed by atoms with Crippen LogP contribution in [-0.4, -0.2) is 31.8 Å². The molecule has 1 aliphatic carbocycles. The van der Waals surface area contributed by atoms with Gasteiger partial charge in [-0.05, 0) is 53.4 Å². The van der Waals surface area contributed by atoms with Gasteiger partial charge in [0.1, 0.15) is 5.75 Å². The predicted molar refractivity (Wildman–Crippen MR) is 95.1 cm³/mol. The molecule has 0 aliphatic heterocycles. The molecule has 1 saturated carbocycles. The van der Waals surface area contributed by atoms with Crippen LogP contribution in [0.5, 0.6) is 5.75 Å². The van der Waals surface area contributed by atoms with E-state index in [-0.39, 0.29) is 12.5 Å². The first-order valence-corrected chi connectivity index (χ1v) is 9.28. The van der Waals surface area contributed by atoms with Crippen LogP contribution in [-0.2, 0) is 9.53 Å². The number of nitrogens with one attached hydrogen (secondary N) is 1. The second kappa shape index (κ2) is 10.2. The van der Waals surface area contributed by atoms with E-state index in [1.165, 1.54) is 32.1 Å². The normalized spacial score (nSPS) is 15.4. The molecule has 0 unspecified atom stereocenters. The minimum atomic E-state index is -0.135. The lowest BCUT2D eigenvalue weighted by molar-refractivity contribution is -0.123. The summed E-state index contributed by atoms with van der Waals surface area (Å²) in [7, 11) is 0. The average molecular weight is 405 g/mol. The van der Waals surface area contributed by atoms with Crippen LogP contribution in [0.1, 0.15) is 38.5 Å². The van der Waals surface area contributed by atoms with E-state index in [1.807, 2.05) is 0 Å². The third-order valence-electron chi connectivity index (χ3n) is 3.80. The number of amides is 1. The predicted octanol–water partition coefficient (Wildman–Crippen LogP) is 4.34. The van der Waals surface area contributed by atoms with Crippen LogP contribution < -0.4 is 10.1 Å². The topological polar surface area (TPSA) is 47.6 Å². The molecule has 0 heterocycles. The summed E-state index contributed by atoms with van der Waals surface area (Å²) >= 11 is 9.21. The lowest BCUT2D eigenvalue weighted by Gasteiger charge is -2.21. The Balaban J connectivity index is 1.54. The van der Waals surface area contributed by atoms with E-state index in [1.54, 1.807) is 18.2 Å². The average Bonchev–Trinajstić information content (AvgIpc) is 2.54. The molecule has 0 saturated heterocycles. The van der Waals surface area contributed by atoms with Gasteiger partial charge in [0, 0.05) is 18.2 Å². The van der Waals surface area contributed by atoms with Gasteiger partial charge in [-0.25, -0.2) is 0 Å². The van der Waals surface area contributed by atoms with Gasteiger partial charge in [-0.15, -0.1) is 0 Å². The fourth-order valence-corrected chi connectivity index (χ4v) is 3.37. The van der Waals surface area contributed by atoms with E-state index >= 15 is 0 Å². The van der Waals surface area contributed by atoms with Crippen molar-refractivity contribution in [2.75, 3.05) is 19.8 Å². The molecule has 0 aromatic heterocycles. The molecule has 6 heteroatoms. The number of hydrogen-bond donors (Lipinski definition) is 1. The zero-order valence-electron chi connectivity index (χ0n) is 13.2. The number of carbonyl (C=O) groups excluding carboxylic acids is 1. The molecule has 1 amide bonds. The van der Waals surface area contributed by atoms with Crippen LogP contribution in [0, 0.1) is 0 Å². The van der Waals surface area contributed by atoms with Gasteiger partial charge in [-0.3, -0.25) is 4.79 Å². The SMILES string of the molecule is O=C(COc1ccc(Cl)cc1Br)NCCCOC1CCCCC1. The minimum absolute atomic E-state index is 0.0102. The van der Waals surface area contributed by atoms with Gasteiger partial charge in [0.2, 0.25) is 0 Å². The largest absolute Gasteiger partial charge is 0.483 e. The smallest absolute Gasteiger partial charge is 0.257 e. The van der Waals surface area contributed by atoms with E-state index in [9.17, 15) is 4.79 Å². The Kier molecular flexibility index (Phi) is 8.20. The molecule has 2 rings (SSSR count). The molecule has 1 fully saturated rings. The monoisotopic (exact) mass is 403 g/mol. The maximum Gasteiger partial charge on any atom is 0.257 e. The molecule has 1 aromatic carbocycles. The van der Waals surface area contributed by atoms with Gasteiger partial charge in [-0.2, -0.15) is 0 Å². The van der Waals surface area contributed by atoms with Crippen molar-refractivity contribution in [3.63, 3.8) is 0 Å². The van der Waals surface area contributed by atoms with Gasteiger partial charge in [0.05, 0.1) is 10.6 Å². The number of carbonyl (C=O) groups is 1. The lowest BCUT2D eigenvalue weighted by Crippen LogP contribution is -2.30. The molecule has 0 radical (unpaired) electrons. The quantitative estimate of drug-likeness (QED) is 0.656. The van der Waals surface area contributed by atoms with Crippen molar-refractivity contribution in [3.8, 4) is 5.75 Å². The maximum absolute atomic E-state index is 11.7. The maximum atomic E-state index is 11.7. The molecule has 128 valence electrons. The third-order valence-corrected chi connectivity index (χ3v) is 4.66. The Labute approximate surface area is 151 Å². The van der Waals surface area contributed by atoms with E-state index < -0.39 is 0 Å². The van der Waals surface area contributed by atoms with Crippen LogP contribution in [0.15, 0.2) is 22.7 Å². The van der Waals surface area contributed by atoms with Crippen molar-refractivity contribution in [2.45, 2.75) is 44.6 Å². The Morgan fingerprint density at radius 1 is 1.30 bits per heavy atom. The number of halogens is 2. The van der Waals surface area contributed by atoms with E-state index in [0.29, 0.717) is 30.0 Å². The molecule has 4 nitrogen and oxygen atoms in total. The van der Waals surface area contributed by atoms with Crippen LogP contribution in [0.4, 0.5) is 0 Å². The third kappa shape index (κ3) is 7.10. The second-order valence-electron chi connectivity index (χ2n) is 5.70. The molecule has 0 bridgehead atoms. The number of rotatable bonds is 8. The highest BCUT2D eigenvalue weighted by Crippen LogP contribution is 2.27. The molecule has 1 aliphatic rings. The van der Waals surface area contributed by atoms with Gasteiger partial charge in [0.15, 0.2) is 6.61 Å². The zero-order valence-corrected chi connectivity index (χ0v) is 15.5. The number of ether oxygens (including phenoxy) is 2. The Morgan fingerprint density at radius 2 is 2.09 bits per heavy atom. The van der Waals surface area contributed by atoms with Crippen molar-refractivity contribution in [1.82, 2.24) is 5.32 Å². The van der Waals surface area contributed by atoms with Crippen LogP contribution in [0.2, 0.25) is 5.02 Å². The molecule has 1 N–H and O–H groups in total. The van der Waals surface area contributed by atoms with Gasteiger partial charge < -0.3 is 14.8 Å². The van der Waals surface area contributed by atoms with Crippen molar-refractivity contribution in [3.05, 3.63) is 27.7 Å². The second-order valence-corrected chi connectivity index (χ2v) is 6.99. The first-order chi connectivity index (χ1) is 11.1. The summed E-state index contributed by atoms with van der Waals surface area (Å²) in [6.45, 7) is 1.30. The Morgan fingerprint density at radius 3 is 2.83 bits per heavy atom. The van der Waals surface area contributed by atoms with Crippen molar-refractivity contribution >= 4 is 33.4 Å². The Bertz CT molecular complexity index is 507. The summed E-state index contributed by atoms with van der Waals surface area (Å²) < 4.78 is 12.0. The van der Waals surface area contributed by atoms with Crippen molar-refractivity contribution < 1.29 is 14.3 Å². The molecule has 23 heavy (non-hydrogen) atoms. The molecular weight excluding hydrogens is 382 g/mol. The van der Waals surface area contributed by atoms with Crippen LogP contribution >= 0.6 is 27.5 Å². The van der Waals surface area contributed by atoms with Crippen molar-refractivity contribution in [2.24, 2.45) is 0 Å². The fraction of sp³-hybridized carbons (Fsp3) is 0.588. The molecule has 0 atom stereocenters. The zero-order chi connectivity index (χ0) is 16.5. The first kappa shape index (κ1) is 18.6. The molecule has 1 aromatic rings. The highest BCUT2D eigenvalue weighted by Gasteiger charge is 2.13. The van der Waals surface area contributed by atoms with Gasteiger partial charge >= 0.3 is 0 Å². The number of hydrogen-bond acceptors (Lipinski definition) is 3. The highest BCUT2D eigenvalue weighted by atomic mass is 79.9. The standard InChI is InChI=1S/C17H23BrClNO3/c18-15-11-13(19)7-8-16(15)23-12-17(21)20-9-4-10-22-14-5-2-1-3-6-14/h7-8,11,14H,1-6,9-10,12H2,(H,20,21). The number of benzene rings is 1. The lowest BCUT2D eigenvalue weighted by atomic mass is 9.98. The summed E-state index contributed by atoms with van der Waals surface area (Å²) in [5.41, 5.74) is 0.